The number of hydrogen-bond donors (Lipinski definition) is 3. The van der Waals surface area contributed by atoms with Crippen LogP contribution in [-0.4, -0.2) is 33.7 Å². The van der Waals surface area contributed by atoms with Gasteiger partial charge < -0.3 is 15.6 Å². The molecular formula is C10H15N5O2S. The third-order valence-electron chi connectivity index (χ3n) is 2.53. The standard InChI is InChI=1S/C10H15N5O2S/c16-15(17)9-1-2-12-10(9)13-3-4-18-6-8-5-11-7-14-8/h5,7,12-13H,1-4,6H2,(H,11,14). The first-order valence-electron chi connectivity index (χ1n) is 5.68. The predicted octanol–water partition coefficient (Wildman–Crippen LogP) is 0.672. The zero-order valence-corrected chi connectivity index (χ0v) is 10.6. The second-order valence-electron chi connectivity index (χ2n) is 3.80. The van der Waals surface area contributed by atoms with Crippen molar-refractivity contribution in [2.24, 2.45) is 0 Å². The summed E-state index contributed by atoms with van der Waals surface area (Å²) in [5.41, 5.74) is 1.27. The van der Waals surface area contributed by atoms with Crippen molar-refractivity contribution >= 4 is 11.8 Å². The van der Waals surface area contributed by atoms with E-state index in [9.17, 15) is 10.1 Å². The van der Waals surface area contributed by atoms with Gasteiger partial charge in [0.05, 0.1) is 23.4 Å². The molecule has 18 heavy (non-hydrogen) atoms. The van der Waals surface area contributed by atoms with Crippen LogP contribution in [0.2, 0.25) is 0 Å². The number of thioether (sulfide) groups is 1. The smallest absolute Gasteiger partial charge is 0.287 e. The lowest BCUT2D eigenvalue weighted by atomic mass is 10.4. The molecule has 1 aliphatic heterocycles. The second-order valence-corrected chi connectivity index (χ2v) is 4.90. The van der Waals surface area contributed by atoms with Crippen LogP contribution < -0.4 is 10.6 Å². The highest BCUT2D eigenvalue weighted by Gasteiger charge is 2.23. The molecule has 0 bridgehead atoms. The van der Waals surface area contributed by atoms with Crippen molar-refractivity contribution in [3.63, 3.8) is 0 Å². The summed E-state index contributed by atoms with van der Waals surface area (Å²) < 4.78 is 0. The van der Waals surface area contributed by atoms with Gasteiger partial charge in [0.15, 0.2) is 5.82 Å². The molecule has 1 aromatic rings. The molecule has 0 fully saturated rings. The Morgan fingerprint density at radius 2 is 2.50 bits per heavy atom. The maximum atomic E-state index is 10.7. The van der Waals surface area contributed by atoms with Crippen molar-refractivity contribution in [2.45, 2.75) is 12.2 Å². The maximum Gasteiger partial charge on any atom is 0.287 e. The van der Waals surface area contributed by atoms with Crippen molar-refractivity contribution in [3.8, 4) is 0 Å². The van der Waals surface area contributed by atoms with E-state index in [1.807, 2.05) is 6.20 Å². The zero-order chi connectivity index (χ0) is 12.8. The highest BCUT2D eigenvalue weighted by atomic mass is 32.2. The van der Waals surface area contributed by atoms with E-state index in [4.69, 9.17) is 0 Å². The van der Waals surface area contributed by atoms with E-state index in [0.29, 0.717) is 25.3 Å². The average molecular weight is 269 g/mol. The van der Waals surface area contributed by atoms with Crippen LogP contribution in [-0.2, 0) is 5.75 Å². The summed E-state index contributed by atoms with van der Waals surface area (Å²) in [5, 5.41) is 16.8. The number of hydrogen-bond acceptors (Lipinski definition) is 6. The van der Waals surface area contributed by atoms with Gasteiger partial charge in [-0.1, -0.05) is 0 Å². The quantitative estimate of drug-likeness (QED) is 0.382. The minimum Gasteiger partial charge on any atom is -0.366 e. The molecule has 2 heterocycles. The van der Waals surface area contributed by atoms with Crippen LogP contribution in [0.15, 0.2) is 24.0 Å². The lowest BCUT2D eigenvalue weighted by Gasteiger charge is -2.06. The van der Waals surface area contributed by atoms with Crippen LogP contribution in [0.4, 0.5) is 0 Å². The van der Waals surface area contributed by atoms with Crippen molar-refractivity contribution in [1.82, 2.24) is 20.6 Å². The fourth-order valence-electron chi connectivity index (χ4n) is 1.67. The van der Waals surface area contributed by atoms with Gasteiger partial charge in [-0.2, -0.15) is 11.8 Å². The lowest BCUT2D eigenvalue weighted by molar-refractivity contribution is -0.427. The van der Waals surface area contributed by atoms with E-state index < -0.39 is 0 Å². The van der Waals surface area contributed by atoms with E-state index in [2.05, 4.69) is 20.6 Å². The molecule has 0 amide bonds. The molecule has 1 aliphatic rings. The van der Waals surface area contributed by atoms with E-state index in [-0.39, 0.29) is 10.6 Å². The normalized spacial score (nSPS) is 14.7. The van der Waals surface area contributed by atoms with Crippen LogP contribution in [0.25, 0.3) is 0 Å². The average Bonchev–Trinajstić information content (AvgIpc) is 2.98. The third-order valence-corrected chi connectivity index (χ3v) is 3.52. The molecule has 0 saturated heterocycles. The van der Waals surface area contributed by atoms with Crippen molar-refractivity contribution in [1.29, 1.82) is 0 Å². The van der Waals surface area contributed by atoms with Gasteiger partial charge in [-0.3, -0.25) is 10.1 Å². The molecule has 0 aliphatic carbocycles. The van der Waals surface area contributed by atoms with Gasteiger partial charge in [0.1, 0.15) is 0 Å². The number of nitro groups is 1. The summed E-state index contributed by atoms with van der Waals surface area (Å²) in [4.78, 5) is 17.4. The number of aromatic amines is 1. The molecule has 98 valence electrons. The number of rotatable bonds is 7. The Labute approximate surface area is 109 Å². The number of aromatic nitrogens is 2. The summed E-state index contributed by atoms with van der Waals surface area (Å²) in [6.45, 7) is 1.34. The van der Waals surface area contributed by atoms with Gasteiger partial charge in [-0.25, -0.2) is 4.98 Å². The van der Waals surface area contributed by atoms with Gasteiger partial charge in [0, 0.05) is 30.8 Å². The summed E-state index contributed by atoms with van der Waals surface area (Å²) >= 11 is 1.74. The molecule has 0 unspecified atom stereocenters. The van der Waals surface area contributed by atoms with Crippen molar-refractivity contribution in [2.75, 3.05) is 18.8 Å². The Morgan fingerprint density at radius 3 is 3.22 bits per heavy atom. The lowest BCUT2D eigenvalue weighted by Crippen LogP contribution is -2.26. The minimum absolute atomic E-state index is 0.257. The molecule has 8 heteroatoms. The van der Waals surface area contributed by atoms with Crippen LogP contribution in [0.3, 0.4) is 0 Å². The predicted molar refractivity (Wildman–Crippen MR) is 69.4 cm³/mol. The van der Waals surface area contributed by atoms with Crippen LogP contribution in [0, 0.1) is 10.1 Å². The number of imidazole rings is 1. The fraction of sp³-hybridized carbons (Fsp3) is 0.500. The molecular weight excluding hydrogens is 254 g/mol. The summed E-state index contributed by atoms with van der Waals surface area (Å²) in [5.74, 6) is 2.29. The fourth-order valence-corrected chi connectivity index (χ4v) is 2.43. The minimum atomic E-state index is -0.320. The molecule has 0 aromatic carbocycles. The Kier molecular flexibility index (Phi) is 4.46. The highest BCUT2D eigenvalue weighted by molar-refractivity contribution is 7.98. The van der Waals surface area contributed by atoms with Gasteiger partial charge in [-0.15, -0.1) is 0 Å². The first-order chi connectivity index (χ1) is 8.77. The number of nitrogens with one attached hydrogen (secondary N) is 3. The first-order valence-corrected chi connectivity index (χ1v) is 6.83. The molecule has 3 N–H and O–H groups in total. The topological polar surface area (TPSA) is 95.9 Å². The van der Waals surface area contributed by atoms with Crippen LogP contribution in [0.1, 0.15) is 12.1 Å². The van der Waals surface area contributed by atoms with Gasteiger partial charge >= 0.3 is 0 Å². The van der Waals surface area contributed by atoms with E-state index in [1.54, 1.807) is 18.1 Å². The SMILES string of the molecule is O=[N+]([O-])C1=C(NCCSCc2c[nH]cn2)NCC1. The van der Waals surface area contributed by atoms with E-state index in [0.717, 1.165) is 17.2 Å². The molecule has 1 aromatic heterocycles. The largest absolute Gasteiger partial charge is 0.366 e. The summed E-state index contributed by atoms with van der Waals surface area (Å²) in [6.07, 6.45) is 4.01. The monoisotopic (exact) mass is 269 g/mol. The van der Waals surface area contributed by atoms with Crippen molar-refractivity contribution in [3.05, 3.63) is 39.9 Å². The van der Waals surface area contributed by atoms with Crippen molar-refractivity contribution < 1.29 is 4.92 Å². The summed E-state index contributed by atoms with van der Waals surface area (Å²) in [7, 11) is 0. The number of H-pyrrole nitrogens is 1. The first kappa shape index (κ1) is 12.7. The Bertz CT molecular complexity index is 431. The number of nitrogens with zero attached hydrogens (tertiary/aromatic N) is 2. The zero-order valence-electron chi connectivity index (χ0n) is 9.81. The molecule has 0 spiro atoms. The van der Waals surface area contributed by atoms with Gasteiger partial charge in [0.2, 0.25) is 0 Å². The van der Waals surface area contributed by atoms with Crippen LogP contribution in [0.5, 0.6) is 0 Å². The third kappa shape index (κ3) is 3.39. The second kappa shape index (κ2) is 6.29. The highest BCUT2D eigenvalue weighted by Crippen LogP contribution is 2.12. The molecule has 7 nitrogen and oxygen atoms in total. The van der Waals surface area contributed by atoms with E-state index >= 15 is 0 Å². The van der Waals surface area contributed by atoms with Gasteiger partial charge in [0.25, 0.3) is 5.70 Å². The van der Waals surface area contributed by atoms with Gasteiger partial charge in [-0.05, 0) is 0 Å². The Hall–Kier alpha value is -1.70. The van der Waals surface area contributed by atoms with E-state index in [1.165, 1.54) is 0 Å². The Balaban J connectivity index is 1.66. The molecule has 0 atom stereocenters. The maximum absolute atomic E-state index is 10.7. The van der Waals surface area contributed by atoms with Crippen LogP contribution >= 0.6 is 11.8 Å². The molecule has 0 radical (unpaired) electrons. The Morgan fingerprint density at radius 1 is 1.61 bits per heavy atom. The molecule has 2 rings (SSSR count). The summed E-state index contributed by atoms with van der Waals surface area (Å²) in [6, 6.07) is 0. The molecule has 0 saturated carbocycles.